The van der Waals surface area contributed by atoms with E-state index in [4.69, 9.17) is 20.6 Å². The van der Waals surface area contributed by atoms with Crippen molar-refractivity contribution in [2.24, 2.45) is 0 Å². The number of benzene rings is 1. The summed E-state index contributed by atoms with van der Waals surface area (Å²) in [6, 6.07) is 9.45. The van der Waals surface area contributed by atoms with Gasteiger partial charge < -0.3 is 14.2 Å². The van der Waals surface area contributed by atoms with Gasteiger partial charge in [0.25, 0.3) is 0 Å². The van der Waals surface area contributed by atoms with Gasteiger partial charge in [0.2, 0.25) is 5.60 Å². The third-order valence-electron chi connectivity index (χ3n) is 3.34. The van der Waals surface area contributed by atoms with Crippen molar-refractivity contribution >= 4 is 5.97 Å². The molecule has 0 aliphatic carbocycles. The van der Waals surface area contributed by atoms with Gasteiger partial charge in [-0.25, -0.2) is 4.79 Å². The first kappa shape index (κ1) is 15.6. The van der Waals surface area contributed by atoms with Gasteiger partial charge in [-0.05, 0) is 26.3 Å². The van der Waals surface area contributed by atoms with E-state index < -0.39 is 23.5 Å². The van der Waals surface area contributed by atoms with Crippen LogP contribution in [0.5, 0.6) is 0 Å². The van der Waals surface area contributed by atoms with Crippen molar-refractivity contribution in [1.82, 2.24) is 0 Å². The molecule has 0 saturated carbocycles. The smallest absolute Gasteiger partial charge is 0.342 e. The van der Waals surface area contributed by atoms with Crippen LogP contribution in [0.15, 0.2) is 30.3 Å². The van der Waals surface area contributed by atoms with Gasteiger partial charge in [0, 0.05) is 0 Å². The Balaban J connectivity index is 2.48. The fraction of sp³-hybridized carbons (Fsp3) is 0.471. The van der Waals surface area contributed by atoms with Crippen LogP contribution >= 0.6 is 0 Å². The lowest BCUT2D eigenvalue weighted by Gasteiger charge is -2.29. The SMILES string of the molecule is C#CC[C@]1(C(=O)OCC)OC(C)(C)O[C@H]1c1ccccc1. The Bertz CT molecular complexity index is 544. The highest BCUT2D eigenvalue weighted by atomic mass is 16.8. The van der Waals surface area contributed by atoms with Gasteiger partial charge in [-0.3, -0.25) is 0 Å². The number of ether oxygens (including phenoxy) is 3. The standard InChI is InChI=1S/C17H20O4/c1-5-12-17(15(18)19-6-2)14(20-16(3,4)21-17)13-10-8-7-9-11-13/h1,7-11,14H,6,12H2,2-4H3/t14-,17-/m0/s1. The summed E-state index contributed by atoms with van der Waals surface area (Å²) < 4.78 is 17.1. The third-order valence-corrected chi connectivity index (χ3v) is 3.34. The summed E-state index contributed by atoms with van der Waals surface area (Å²) in [5.74, 6) is 1.12. The maximum absolute atomic E-state index is 12.5. The van der Waals surface area contributed by atoms with Gasteiger partial charge in [0.1, 0.15) is 6.10 Å². The van der Waals surface area contributed by atoms with Gasteiger partial charge in [-0.1, -0.05) is 30.3 Å². The van der Waals surface area contributed by atoms with E-state index in [1.54, 1.807) is 20.8 Å². The Morgan fingerprint density at radius 3 is 2.62 bits per heavy atom. The molecule has 0 spiro atoms. The zero-order valence-electron chi connectivity index (χ0n) is 12.6. The Morgan fingerprint density at radius 1 is 1.38 bits per heavy atom. The Labute approximate surface area is 125 Å². The van der Waals surface area contributed by atoms with Crippen LogP contribution in [0.2, 0.25) is 0 Å². The zero-order chi connectivity index (χ0) is 15.5. The largest absolute Gasteiger partial charge is 0.464 e. The average Bonchev–Trinajstić information content (AvgIpc) is 2.73. The quantitative estimate of drug-likeness (QED) is 0.631. The molecule has 4 heteroatoms. The Hall–Kier alpha value is -1.83. The molecule has 1 heterocycles. The number of carbonyl (C=O) groups excluding carboxylic acids is 1. The minimum Gasteiger partial charge on any atom is -0.464 e. The fourth-order valence-corrected chi connectivity index (χ4v) is 2.61. The number of hydrogen-bond donors (Lipinski definition) is 0. The molecule has 1 saturated heterocycles. The average molecular weight is 288 g/mol. The normalized spacial score (nSPS) is 27.0. The first-order valence-corrected chi connectivity index (χ1v) is 6.99. The molecular formula is C17H20O4. The minimum absolute atomic E-state index is 0.0921. The molecule has 1 aromatic rings. The predicted octanol–water partition coefficient (Wildman–Crippen LogP) is 2.84. The van der Waals surface area contributed by atoms with E-state index in [-0.39, 0.29) is 13.0 Å². The highest BCUT2D eigenvalue weighted by molar-refractivity contribution is 5.81. The summed E-state index contributed by atoms with van der Waals surface area (Å²) >= 11 is 0. The van der Waals surface area contributed by atoms with E-state index in [2.05, 4.69) is 5.92 Å². The predicted molar refractivity (Wildman–Crippen MR) is 78.2 cm³/mol. The molecule has 4 nitrogen and oxygen atoms in total. The number of esters is 1. The van der Waals surface area contributed by atoms with Gasteiger partial charge in [0.15, 0.2) is 5.79 Å². The number of hydrogen-bond acceptors (Lipinski definition) is 4. The lowest BCUT2D eigenvalue weighted by atomic mass is 9.88. The molecule has 2 atom stereocenters. The first-order valence-electron chi connectivity index (χ1n) is 6.99. The van der Waals surface area contributed by atoms with Crippen molar-refractivity contribution in [3.63, 3.8) is 0 Å². The molecule has 112 valence electrons. The van der Waals surface area contributed by atoms with Crippen LogP contribution in [0.25, 0.3) is 0 Å². The third kappa shape index (κ3) is 2.94. The number of carbonyl (C=O) groups is 1. The van der Waals surface area contributed by atoms with Crippen LogP contribution in [0.4, 0.5) is 0 Å². The van der Waals surface area contributed by atoms with E-state index in [0.29, 0.717) is 0 Å². The summed E-state index contributed by atoms with van der Waals surface area (Å²) in [4.78, 5) is 12.5. The van der Waals surface area contributed by atoms with Crippen molar-refractivity contribution in [2.75, 3.05) is 6.61 Å². The molecule has 2 rings (SSSR count). The lowest BCUT2D eigenvalue weighted by molar-refractivity contribution is -0.188. The molecule has 0 bridgehead atoms. The van der Waals surface area contributed by atoms with Gasteiger partial charge >= 0.3 is 5.97 Å². The molecule has 1 aliphatic heterocycles. The highest BCUT2D eigenvalue weighted by Crippen LogP contribution is 2.48. The summed E-state index contributed by atoms with van der Waals surface area (Å²) in [7, 11) is 0. The van der Waals surface area contributed by atoms with Crippen LogP contribution in [-0.4, -0.2) is 24.0 Å². The Morgan fingerprint density at radius 2 is 2.05 bits per heavy atom. The van der Waals surface area contributed by atoms with E-state index in [9.17, 15) is 4.79 Å². The maximum atomic E-state index is 12.5. The Kier molecular flexibility index (Phi) is 4.36. The van der Waals surface area contributed by atoms with Crippen LogP contribution in [-0.2, 0) is 19.0 Å². The van der Waals surface area contributed by atoms with Crippen LogP contribution in [0.3, 0.4) is 0 Å². The molecule has 1 aromatic carbocycles. The van der Waals surface area contributed by atoms with Crippen LogP contribution < -0.4 is 0 Å². The van der Waals surface area contributed by atoms with Crippen LogP contribution in [0, 0.1) is 12.3 Å². The summed E-state index contributed by atoms with van der Waals surface area (Å²) in [5, 5.41) is 0. The monoisotopic (exact) mass is 288 g/mol. The second-order valence-corrected chi connectivity index (χ2v) is 5.40. The molecule has 0 amide bonds. The lowest BCUT2D eigenvalue weighted by Crippen LogP contribution is -2.45. The topological polar surface area (TPSA) is 44.8 Å². The van der Waals surface area contributed by atoms with Crippen molar-refractivity contribution in [3.05, 3.63) is 35.9 Å². The van der Waals surface area contributed by atoms with Gasteiger partial charge in [0.05, 0.1) is 13.0 Å². The van der Waals surface area contributed by atoms with E-state index in [0.717, 1.165) is 5.56 Å². The van der Waals surface area contributed by atoms with Crippen molar-refractivity contribution in [3.8, 4) is 12.3 Å². The first-order chi connectivity index (χ1) is 9.95. The molecule has 1 fully saturated rings. The maximum Gasteiger partial charge on any atom is 0.342 e. The van der Waals surface area contributed by atoms with Gasteiger partial charge in [-0.2, -0.15) is 0 Å². The molecule has 21 heavy (non-hydrogen) atoms. The van der Waals surface area contributed by atoms with Crippen LogP contribution in [0.1, 0.15) is 38.9 Å². The van der Waals surface area contributed by atoms with E-state index in [1.807, 2.05) is 30.3 Å². The van der Waals surface area contributed by atoms with Crippen molar-refractivity contribution < 1.29 is 19.0 Å². The second-order valence-electron chi connectivity index (χ2n) is 5.40. The van der Waals surface area contributed by atoms with E-state index in [1.165, 1.54) is 0 Å². The minimum atomic E-state index is -1.31. The van der Waals surface area contributed by atoms with E-state index >= 15 is 0 Å². The highest BCUT2D eigenvalue weighted by Gasteiger charge is 2.59. The number of terminal acetylenes is 1. The molecule has 0 radical (unpaired) electrons. The molecule has 0 unspecified atom stereocenters. The molecule has 1 aliphatic rings. The summed E-state index contributed by atoms with van der Waals surface area (Å²) in [5.41, 5.74) is -0.471. The molecule has 0 aromatic heterocycles. The van der Waals surface area contributed by atoms with Crippen molar-refractivity contribution in [2.45, 2.75) is 44.7 Å². The van der Waals surface area contributed by atoms with Gasteiger partial charge in [-0.15, -0.1) is 12.3 Å². The molecular weight excluding hydrogens is 268 g/mol. The molecule has 0 N–H and O–H groups in total. The second kappa shape index (κ2) is 5.88. The summed E-state index contributed by atoms with van der Waals surface area (Å²) in [6.07, 6.45) is 4.96. The number of rotatable bonds is 4. The summed E-state index contributed by atoms with van der Waals surface area (Å²) in [6.45, 7) is 5.54. The van der Waals surface area contributed by atoms with Crippen molar-refractivity contribution in [1.29, 1.82) is 0 Å². The fourth-order valence-electron chi connectivity index (χ4n) is 2.61. The zero-order valence-corrected chi connectivity index (χ0v) is 12.6.